The largest absolute Gasteiger partial charge is 0.496 e. The van der Waals surface area contributed by atoms with E-state index in [0.717, 1.165) is 0 Å². The molecule has 0 unspecified atom stereocenters. The van der Waals surface area contributed by atoms with Crippen molar-refractivity contribution < 1.29 is 23.8 Å². The summed E-state index contributed by atoms with van der Waals surface area (Å²) >= 11 is 0. The highest BCUT2D eigenvalue weighted by Gasteiger charge is 2.19. The number of carbonyl (C=O) groups excluding carboxylic acids is 2. The zero-order valence-electron chi connectivity index (χ0n) is 11.8. The highest BCUT2D eigenvalue weighted by Crippen LogP contribution is 2.20. The molecule has 0 fully saturated rings. The summed E-state index contributed by atoms with van der Waals surface area (Å²) in [5.74, 6) is -0.679. The number of hydrogen-bond donors (Lipinski definition) is 0. The van der Waals surface area contributed by atoms with E-state index in [0.29, 0.717) is 5.75 Å². The van der Waals surface area contributed by atoms with E-state index in [4.69, 9.17) is 9.47 Å². The monoisotopic (exact) mass is 290 g/mol. The molecule has 0 atom stereocenters. The molecule has 0 saturated heterocycles. The second-order valence-electron chi connectivity index (χ2n) is 4.07. The predicted molar refractivity (Wildman–Crippen MR) is 72.5 cm³/mol. The van der Waals surface area contributed by atoms with Crippen LogP contribution in [0.5, 0.6) is 11.6 Å². The third kappa shape index (κ3) is 3.02. The Balaban J connectivity index is 2.24. The van der Waals surface area contributed by atoms with Crippen LogP contribution in [-0.4, -0.2) is 35.9 Å². The lowest BCUT2D eigenvalue weighted by Crippen LogP contribution is -2.12. The van der Waals surface area contributed by atoms with Gasteiger partial charge in [-0.2, -0.15) is 5.10 Å². The van der Waals surface area contributed by atoms with Crippen LogP contribution in [0.2, 0.25) is 0 Å². The third-order valence-corrected chi connectivity index (χ3v) is 2.76. The smallest absolute Gasteiger partial charge is 0.358 e. The van der Waals surface area contributed by atoms with Crippen molar-refractivity contribution in [3.8, 4) is 11.6 Å². The normalized spacial score (nSPS) is 10.0. The number of methoxy groups -OCH3 is 2. The molecule has 21 heavy (non-hydrogen) atoms. The summed E-state index contributed by atoms with van der Waals surface area (Å²) in [5.41, 5.74) is 0.337. The van der Waals surface area contributed by atoms with E-state index in [2.05, 4.69) is 9.84 Å². The first-order valence-electron chi connectivity index (χ1n) is 6.04. The summed E-state index contributed by atoms with van der Waals surface area (Å²) in [7, 11) is 4.26. The quantitative estimate of drug-likeness (QED) is 0.793. The van der Waals surface area contributed by atoms with Crippen LogP contribution in [0.4, 0.5) is 0 Å². The summed E-state index contributed by atoms with van der Waals surface area (Å²) in [6, 6.07) is 8.01. The molecule has 0 bridgehead atoms. The maximum atomic E-state index is 12.1. The van der Waals surface area contributed by atoms with Crippen LogP contribution in [0, 0.1) is 0 Å². The minimum atomic E-state index is -0.606. The van der Waals surface area contributed by atoms with Crippen molar-refractivity contribution in [3.63, 3.8) is 0 Å². The van der Waals surface area contributed by atoms with Gasteiger partial charge in [0.15, 0.2) is 5.69 Å². The Hall–Kier alpha value is -2.83. The van der Waals surface area contributed by atoms with Crippen LogP contribution in [0.1, 0.15) is 20.8 Å². The minimum Gasteiger partial charge on any atom is -0.496 e. The Bertz CT molecular complexity index is 678. The zero-order chi connectivity index (χ0) is 15.4. The van der Waals surface area contributed by atoms with Gasteiger partial charge in [-0.3, -0.25) is 0 Å². The molecule has 0 radical (unpaired) electrons. The lowest BCUT2D eigenvalue weighted by molar-refractivity contribution is 0.0592. The topological polar surface area (TPSA) is 79.6 Å². The molecular weight excluding hydrogens is 276 g/mol. The van der Waals surface area contributed by atoms with Crippen LogP contribution < -0.4 is 9.47 Å². The number of rotatable bonds is 4. The first-order valence-corrected chi connectivity index (χ1v) is 6.04. The molecule has 0 spiro atoms. The summed E-state index contributed by atoms with van der Waals surface area (Å²) in [4.78, 5) is 23.5. The lowest BCUT2D eigenvalue weighted by atomic mass is 10.2. The molecule has 1 aromatic heterocycles. The molecule has 0 saturated carbocycles. The van der Waals surface area contributed by atoms with Gasteiger partial charge in [0.1, 0.15) is 11.3 Å². The maximum Gasteiger partial charge on any atom is 0.358 e. The van der Waals surface area contributed by atoms with Crippen molar-refractivity contribution >= 4 is 11.9 Å². The Morgan fingerprint density at radius 3 is 2.52 bits per heavy atom. The Morgan fingerprint density at radius 2 is 1.86 bits per heavy atom. The molecule has 1 heterocycles. The number of aromatic nitrogens is 2. The second-order valence-corrected chi connectivity index (χ2v) is 4.07. The lowest BCUT2D eigenvalue weighted by Gasteiger charge is -2.07. The molecule has 1 aromatic carbocycles. The van der Waals surface area contributed by atoms with E-state index in [1.165, 1.54) is 25.0 Å². The van der Waals surface area contributed by atoms with Gasteiger partial charge in [-0.05, 0) is 12.1 Å². The van der Waals surface area contributed by atoms with E-state index < -0.39 is 11.9 Å². The van der Waals surface area contributed by atoms with Gasteiger partial charge < -0.3 is 14.2 Å². The van der Waals surface area contributed by atoms with Crippen LogP contribution in [-0.2, 0) is 11.8 Å². The molecule has 0 N–H and O–H groups in total. The average Bonchev–Trinajstić information content (AvgIpc) is 2.87. The van der Waals surface area contributed by atoms with Gasteiger partial charge in [-0.1, -0.05) is 12.1 Å². The molecule has 2 aromatic rings. The predicted octanol–water partition coefficient (Wildman–Crippen LogP) is 1.43. The summed E-state index contributed by atoms with van der Waals surface area (Å²) in [6.07, 6.45) is 0. The number of para-hydroxylation sites is 1. The number of aryl methyl sites for hydroxylation is 1. The van der Waals surface area contributed by atoms with E-state index in [-0.39, 0.29) is 17.1 Å². The molecule has 7 heteroatoms. The van der Waals surface area contributed by atoms with Gasteiger partial charge in [0.05, 0.1) is 14.2 Å². The Morgan fingerprint density at radius 1 is 1.14 bits per heavy atom. The van der Waals surface area contributed by atoms with E-state index in [1.54, 1.807) is 31.3 Å². The first kappa shape index (κ1) is 14.6. The molecule has 110 valence electrons. The fourth-order valence-electron chi connectivity index (χ4n) is 1.71. The molecular formula is C14H14N2O5. The number of ether oxygens (including phenoxy) is 3. The molecule has 7 nitrogen and oxygen atoms in total. The van der Waals surface area contributed by atoms with Crippen molar-refractivity contribution in [1.29, 1.82) is 0 Å². The van der Waals surface area contributed by atoms with Gasteiger partial charge in [-0.15, -0.1) is 0 Å². The molecule has 2 rings (SSSR count). The van der Waals surface area contributed by atoms with Crippen molar-refractivity contribution in [2.75, 3.05) is 14.2 Å². The van der Waals surface area contributed by atoms with Crippen molar-refractivity contribution in [2.24, 2.45) is 7.05 Å². The molecule has 0 aliphatic rings. The van der Waals surface area contributed by atoms with Gasteiger partial charge in [-0.25, -0.2) is 14.3 Å². The molecule has 0 aliphatic carbocycles. The van der Waals surface area contributed by atoms with Crippen molar-refractivity contribution in [1.82, 2.24) is 9.78 Å². The zero-order valence-corrected chi connectivity index (χ0v) is 11.8. The fraction of sp³-hybridized carbons (Fsp3) is 0.214. The second kappa shape index (κ2) is 6.08. The van der Waals surface area contributed by atoms with Crippen LogP contribution in [0.3, 0.4) is 0 Å². The standard InChI is InChI=1S/C14H14N2O5/c1-16-12(8-10(15-16)14(18)20-3)21-13(17)9-6-4-5-7-11(9)19-2/h4-8H,1-3H3. The Kier molecular flexibility index (Phi) is 4.22. The number of hydrogen-bond acceptors (Lipinski definition) is 6. The first-order chi connectivity index (χ1) is 10.1. The van der Waals surface area contributed by atoms with Crippen LogP contribution in [0.15, 0.2) is 30.3 Å². The third-order valence-electron chi connectivity index (χ3n) is 2.76. The van der Waals surface area contributed by atoms with Crippen molar-refractivity contribution in [2.45, 2.75) is 0 Å². The highest BCUT2D eigenvalue weighted by molar-refractivity contribution is 5.94. The fourth-order valence-corrected chi connectivity index (χ4v) is 1.71. The minimum absolute atomic E-state index is 0.0582. The number of benzene rings is 1. The van der Waals surface area contributed by atoms with Gasteiger partial charge >= 0.3 is 11.9 Å². The van der Waals surface area contributed by atoms with Crippen LogP contribution in [0.25, 0.3) is 0 Å². The van der Waals surface area contributed by atoms with E-state index >= 15 is 0 Å². The average molecular weight is 290 g/mol. The van der Waals surface area contributed by atoms with E-state index in [9.17, 15) is 9.59 Å². The highest BCUT2D eigenvalue weighted by atomic mass is 16.5. The SMILES string of the molecule is COC(=O)c1cc(OC(=O)c2ccccc2OC)n(C)n1. The Labute approximate surface area is 121 Å². The maximum absolute atomic E-state index is 12.1. The van der Waals surface area contributed by atoms with Gasteiger partial charge in [0.2, 0.25) is 5.88 Å². The summed E-state index contributed by atoms with van der Waals surface area (Å²) in [6.45, 7) is 0. The van der Waals surface area contributed by atoms with Crippen LogP contribution >= 0.6 is 0 Å². The molecule has 0 amide bonds. The summed E-state index contributed by atoms with van der Waals surface area (Å²) < 4.78 is 16.2. The number of carbonyl (C=O) groups is 2. The van der Waals surface area contributed by atoms with Gasteiger partial charge in [0.25, 0.3) is 0 Å². The molecule has 0 aliphatic heterocycles. The number of nitrogens with zero attached hydrogens (tertiary/aromatic N) is 2. The van der Waals surface area contributed by atoms with E-state index in [1.807, 2.05) is 0 Å². The van der Waals surface area contributed by atoms with Crippen molar-refractivity contribution in [3.05, 3.63) is 41.6 Å². The summed E-state index contributed by atoms with van der Waals surface area (Å²) in [5, 5.41) is 3.90. The number of esters is 2. The van der Waals surface area contributed by atoms with Gasteiger partial charge in [0, 0.05) is 13.1 Å².